The monoisotopic (exact) mass is 451 g/mol. The summed E-state index contributed by atoms with van der Waals surface area (Å²) in [4.78, 5) is 38.6. The van der Waals surface area contributed by atoms with Crippen molar-refractivity contribution in [2.24, 2.45) is 0 Å². The van der Waals surface area contributed by atoms with Gasteiger partial charge in [0.15, 0.2) is 0 Å². The number of carbonyl (C=O) groups is 1. The number of halogens is 1. The van der Waals surface area contributed by atoms with Crippen molar-refractivity contribution >= 4 is 28.4 Å². The maximum absolute atomic E-state index is 12.9. The second-order valence-electron chi connectivity index (χ2n) is 7.37. The van der Waals surface area contributed by atoms with E-state index in [9.17, 15) is 9.59 Å². The average Bonchev–Trinajstić information content (AvgIpc) is 3.26. The Labute approximate surface area is 189 Å². The highest BCUT2D eigenvalue weighted by atomic mass is 35.5. The molecule has 0 atom stereocenters. The molecule has 1 amide bonds. The van der Waals surface area contributed by atoms with Gasteiger partial charge in [-0.05, 0) is 24.6 Å². The molecule has 4 aromatic rings. The fourth-order valence-corrected chi connectivity index (χ4v) is 3.58. The van der Waals surface area contributed by atoms with Crippen molar-refractivity contribution in [2.75, 3.05) is 6.54 Å². The Morgan fingerprint density at radius 2 is 1.97 bits per heavy atom. The van der Waals surface area contributed by atoms with Crippen molar-refractivity contribution in [1.82, 2.24) is 25.0 Å². The van der Waals surface area contributed by atoms with Gasteiger partial charge in [-0.3, -0.25) is 9.59 Å². The second-order valence-corrected chi connectivity index (χ2v) is 7.80. The van der Waals surface area contributed by atoms with Crippen LogP contribution in [0.15, 0.2) is 57.8 Å². The first-order chi connectivity index (χ1) is 15.5. The van der Waals surface area contributed by atoms with E-state index in [0.29, 0.717) is 46.4 Å². The topological polar surface area (TPSA) is 105 Å². The minimum Gasteiger partial charge on any atom is -0.339 e. The molecule has 2 aromatic carbocycles. The van der Waals surface area contributed by atoms with Crippen LogP contribution in [0.3, 0.4) is 0 Å². The van der Waals surface area contributed by atoms with Crippen LogP contribution in [-0.2, 0) is 17.8 Å². The van der Waals surface area contributed by atoms with E-state index in [4.69, 9.17) is 16.1 Å². The van der Waals surface area contributed by atoms with Crippen LogP contribution in [0.5, 0.6) is 0 Å². The van der Waals surface area contributed by atoms with E-state index < -0.39 is 0 Å². The Hall–Kier alpha value is -3.52. The normalized spacial score (nSPS) is 11.1. The maximum atomic E-state index is 12.9. The largest absolute Gasteiger partial charge is 0.339 e. The van der Waals surface area contributed by atoms with Crippen LogP contribution in [0.2, 0.25) is 5.02 Å². The number of nitrogens with zero attached hydrogens (tertiary/aromatic N) is 4. The first-order valence-corrected chi connectivity index (χ1v) is 10.8. The number of carbonyl (C=O) groups excluding carboxylic acids is 1. The van der Waals surface area contributed by atoms with Gasteiger partial charge in [0.05, 0.1) is 17.4 Å². The number of hydrogen-bond donors (Lipinski definition) is 1. The summed E-state index contributed by atoms with van der Waals surface area (Å²) in [6.07, 6.45) is 1.31. The quantitative estimate of drug-likeness (QED) is 0.434. The molecule has 4 rings (SSSR count). The molecule has 0 radical (unpaired) electrons. The van der Waals surface area contributed by atoms with Gasteiger partial charge in [0.25, 0.3) is 5.56 Å². The van der Waals surface area contributed by atoms with Crippen LogP contribution >= 0.6 is 11.6 Å². The number of amides is 1. The predicted octanol–water partition coefficient (Wildman–Crippen LogP) is 4.00. The summed E-state index contributed by atoms with van der Waals surface area (Å²) < 4.78 is 5.30. The fraction of sp³-hybridized carbons (Fsp3) is 0.261. The standard InChI is InChI=1S/C23H22ClN5O3/c1-2-12-29(14-19-25-18-13-16(24)8-9-17(18)23(31)26-19)21(30)11-10-20-27-22(28-32-20)15-6-4-3-5-7-15/h3-9,13H,2,10-12,14H2,1H3,(H,25,26,31). The van der Waals surface area contributed by atoms with Gasteiger partial charge in [0.2, 0.25) is 17.6 Å². The van der Waals surface area contributed by atoms with Crippen molar-refractivity contribution in [3.63, 3.8) is 0 Å². The lowest BCUT2D eigenvalue weighted by atomic mass is 10.2. The lowest BCUT2D eigenvalue weighted by Gasteiger charge is -2.21. The molecule has 0 saturated carbocycles. The molecule has 1 N–H and O–H groups in total. The molecule has 9 heteroatoms. The number of hydrogen-bond acceptors (Lipinski definition) is 6. The Kier molecular flexibility index (Phi) is 6.61. The minimum absolute atomic E-state index is 0.0832. The SMILES string of the molecule is CCCN(Cc1nc2cc(Cl)ccc2c(=O)[nH]1)C(=O)CCc1nc(-c2ccccc2)no1. The number of H-pyrrole nitrogens is 1. The fourth-order valence-electron chi connectivity index (χ4n) is 3.41. The number of aromatic nitrogens is 4. The first kappa shape index (κ1) is 21.7. The lowest BCUT2D eigenvalue weighted by Crippen LogP contribution is -2.33. The summed E-state index contributed by atoms with van der Waals surface area (Å²) in [7, 11) is 0. The summed E-state index contributed by atoms with van der Waals surface area (Å²) in [5.74, 6) is 1.23. The highest BCUT2D eigenvalue weighted by molar-refractivity contribution is 6.31. The highest BCUT2D eigenvalue weighted by Crippen LogP contribution is 2.17. The van der Waals surface area contributed by atoms with Gasteiger partial charge in [0, 0.05) is 30.0 Å². The molecular weight excluding hydrogens is 430 g/mol. The van der Waals surface area contributed by atoms with Crippen LogP contribution < -0.4 is 5.56 Å². The molecule has 32 heavy (non-hydrogen) atoms. The van der Waals surface area contributed by atoms with Crippen LogP contribution in [0.25, 0.3) is 22.3 Å². The molecular formula is C23H22ClN5O3. The number of aryl methyl sites for hydroxylation is 1. The summed E-state index contributed by atoms with van der Waals surface area (Å²) in [5.41, 5.74) is 1.09. The molecule has 0 aliphatic heterocycles. The third kappa shape index (κ3) is 5.03. The molecule has 2 aromatic heterocycles. The zero-order chi connectivity index (χ0) is 22.5. The molecule has 0 fully saturated rings. The van der Waals surface area contributed by atoms with Crippen LogP contribution in [0, 0.1) is 0 Å². The molecule has 2 heterocycles. The second kappa shape index (κ2) is 9.74. The lowest BCUT2D eigenvalue weighted by molar-refractivity contribution is -0.132. The van der Waals surface area contributed by atoms with Gasteiger partial charge >= 0.3 is 0 Å². The summed E-state index contributed by atoms with van der Waals surface area (Å²) >= 11 is 6.03. The Morgan fingerprint density at radius 1 is 1.16 bits per heavy atom. The van der Waals surface area contributed by atoms with Gasteiger partial charge in [-0.15, -0.1) is 0 Å². The van der Waals surface area contributed by atoms with Gasteiger partial charge in [-0.2, -0.15) is 4.98 Å². The number of rotatable bonds is 8. The van der Waals surface area contributed by atoms with Crippen molar-refractivity contribution in [3.05, 3.63) is 75.6 Å². The Morgan fingerprint density at radius 3 is 2.75 bits per heavy atom. The van der Waals surface area contributed by atoms with Gasteiger partial charge in [-0.1, -0.05) is 54.0 Å². The van der Waals surface area contributed by atoms with Crippen LogP contribution in [0.4, 0.5) is 0 Å². The van der Waals surface area contributed by atoms with Crippen molar-refractivity contribution < 1.29 is 9.32 Å². The van der Waals surface area contributed by atoms with E-state index in [2.05, 4.69) is 20.1 Å². The van der Waals surface area contributed by atoms with Gasteiger partial charge < -0.3 is 14.4 Å². The molecule has 164 valence electrons. The molecule has 0 saturated heterocycles. The molecule has 0 spiro atoms. The molecule has 0 unspecified atom stereocenters. The van der Waals surface area contributed by atoms with E-state index in [1.54, 1.807) is 23.1 Å². The third-order valence-corrected chi connectivity index (χ3v) is 5.19. The van der Waals surface area contributed by atoms with E-state index >= 15 is 0 Å². The Bertz CT molecular complexity index is 1290. The summed E-state index contributed by atoms with van der Waals surface area (Å²) in [5, 5.41) is 4.94. The molecule has 0 aliphatic rings. The van der Waals surface area contributed by atoms with E-state index in [1.165, 1.54) is 0 Å². The molecule has 0 aliphatic carbocycles. The average molecular weight is 452 g/mol. The van der Waals surface area contributed by atoms with E-state index in [1.807, 2.05) is 37.3 Å². The number of fused-ring (bicyclic) bond motifs is 1. The Balaban J connectivity index is 1.45. The first-order valence-electron chi connectivity index (χ1n) is 10.4. The van der Waals surface area contributed by atoms with Crippen molar-refractivity contribution in [2.45, 2.75) is 32.7 Å². The predicted molar refractivity (Wildman–Crippen MR) is 121 cm³/mol. The highest BCUT2D eigenvalue weighted by Gasteiger charge is 2.17. The van der Waals surface area contributed by atoms with Crippen LogP contribution in [-0.4, -0.2) is 37.5 Å². The molecule has 8 nitrogen and oxygen atoms in total. The molecule has 0 bridgehead atoms. The minimum atomic E-state index is -0.259. The third-order valence-electron chi connectivity index (χ3n) is 4.96. The number of benzene rings is 2. The zero-order valence-corrected chi connectivity index (χ0v) is 18.3. The number of nitrogens with one attached hydrogen (secondary N) is 1. The van der Waals surface area contributed by atoms with Gasteiger partial charge in [0.1, 0.15) is 5.82 Å². The van der Waals surface area contributed by atoms with E-state index in [0.717, 1.165) is 12.0 Å². The van der Waals surface area contributed by atoms with Crippen molar-refractivity contribution in [1.29, 1.82) is 0 Å². The van der Waals surface area contributed by atoms with Crippen molar-refractivity contribution in [3.8, 4) is 11.4 Å². The van der Waals surface area contributed by atoms with Crippen LogP contribution in [0.1, 0.15) is 31.5 Å². The summed E-state index contributed by atoms with van der Waals surface area (Å²) in [6, 6.07) is 14.4. The zero-order valence-electron chi connectivity index (χ0n) is 17.5. The van der Waals surface area contributed by atoms with E-state index in [-0.39, 0.29) is 24.4 Å². The smallest absolute Gasteiger partial charge is 0.258 e. The van der Waals surface area contributed by atoms with Gasteiger partial charge in [-0.25, -0.2) is 4.98 Å². The summed E-state index contributed by atoms with van der Waals surface area (Å²) in [6.45, 7) is 2.72. The maximum Gasteiger partial charge on any atom is 0.258 e. The number of aromatic amines is 1.